The molecule has 0 atom stereocenters. The number of anilines is 1. The molecular weight excluding hydrogens is 319 g/mol. The van der Waals surface area contributed by atoms with Crippen LogP contribution in [0.25, 0.3) is 5.53 Å². The summed E-state index contributed by atoms with van der Waals surface area (Å²) in [6.45, 7) is 0. The molecule has 2 aromatic rings. The minimum atomic E-state index is -3.99. The van der Waals surface area contributed by atoms with Gasteiger partial charge in [-0.1, -0.05) is 18.2 Å². The summed E-state index contributed by atoms with van der Waals surface area (Å²) < 4.78 is 41.9. The molecule has 0 aromatic heterocycles. The van der Waals surface area contributed by atoms with E-state index >= 15 is 0 Å². The van der Waals surface area contributed by atoms with Crippen LogP contribution in [0.2, 0.25) is 0 Å². The van der Waals surface area contributed by atoms with Gasteiger partial charge in [0.2, 0.25) is 5.84 Å². The van der Waals surface area contributed by atoms with Gasteiger partial charge in [0.15, 0.2) is 0 Å². The van der Waals surface area contributed by atoms with E-state index in [1.807, 2.05) is 0 Å². The molecule has 6 nitrogen and oxygen atoms in total. The second kappa shape index (κ2) is 5.42. The zero-order chi connectivity index (χ0) is 16.6. The predicted octanol–water partition coefficient (Wildman–Crippen LogP) is 2.08. The number of rotatable bonds is 2. The van der Waals surface area contributed by atoms with Gasteiger partial charge in [0, 0.05) is 7.05 Å². The lowest BCUT2D eigenvalue weighted by atomic mass is 10.1. The standard InChI is InChI=1S/C15H11FN4O2S/c1-20-13-9-10(16)7-8-12(13)14(18-17)15(20)19-23(21,22)11-5-3-2-4-6-11/h2-9H,1H3. The van der Waals surface area contributed by atoms with E-state index < -0.39 is 15.8 Å². The van der Waals surface area contributed by atoms with Crippen LogP contribution in [0.4, 0.5) is 10.1 Å². The van der Waals surface area contributed by atoms with Crippen LogP contribution < -0.4 is 4.90 Å². The molecule has 0 saturated heterocycles. The lowest BCUT2D eigenvalue weighted by molar-refractivity contribution is -0.000202. The molecule has 0 bridgehead atoms. The smallest absolute Gasteiger partial charge is 0.361 e. The SMILES string of the molecule is CN1C(=NS(=O)(=O)c2ccccc2)C(=[N+]=[N-])c2ccc(F)cc21. The lowest BCUT2D eigenvalue weighted by Gasteiger charge is -2.10. The van der Waals surface area contributed by atoms with Gasteiger partial charge in [0.05, 0.1) is 16.1 Å². The van der Waals surface area contributed by atoms with Crippen molar-refractivity contribution in [1.82, 2.24) is 0 Å². The number of sulfonamides is 1. The normalized spacial score (nSPS) is 15.7. The Bertz CT molecular complexity index is 964. The molecule has 1 aliphatic rings. The second-order valence-electron chi connectivity index (χ2n) is 4.87. The van der Waals surface area contributed by atoms with E-state index in [0.29, 0.717) is 11.3 Å². The average Bonchev–Trinajstić information content (AvgIpc) is 2.80. The van der Waals surface area contributed by atoms with Crippen molar-refractivity contribution in [2.24, 2.45) is 4.40 Å². The molecule has 0 spiro atoms. The highest BCUT2D eigenvalue weighted by molar-refractivity contribution is 7.90. The lowest BCUT2D eigenvalue weighted by Crippen LogP contribution is -2.28. The van der Waals surface area contributed by atoms with Crippen molar-refractivity contribution in [2.75, 3.05) is 11.9 Å². The van der Waals surface area contributed by atoms with Gasteiger partial charge in [-0.05, 0) is 30.3 Å². The largest absolute Gasteiger partial charge is 0.367 e. The second-order valence-corrected chi connectivity index (χ2v) is 6.48. The Hall–Kier alpha value is -2.83. The summed E-state index contributed by atoms with van der Waals surface area (Å²) in [5.41, 5.74) is 9.98. The Morgan fingerprint density at radius 1 is 1.17 bits per heavy atom. The number of likely N-dealkylation sites (N-methyl/N-ethyl adjacent to an activating group) is 1. The summed E-state index contributed by atoms with van der Waals surface area (Å²) in [6.07, 6.45) is 0. The van der Waals surface area contributed by atoms with E-state index in [4.69, 9.17) is 0 Å². The first-order chi connectivity index (χ1) is 10.9. The fourth-order valence-corrected chi connectivity index (χ4v) is 3.38. The number of nitrogens with zero attached hydrogens (tertiary/aromatic N) is 4. The van der Waals surface area contributed by atoms with Crippen molar-refractivity contribution < 1.29 is 17.6 Å². The van der Waals surface area contributed by atoms with E-state index in [-0.39, 0.29) is 16.4 Å². The molecule has 8 heteroatoms. The summed E-state index contributed by atoms with van der Waals surface area (Å²) in [6, 6.07) is 11.5. The number of hydrogen-bond acceptors (Lipinski definition) is 2. The first-order valence-corrected chi connectivity index (χ1v) is 8.04. The molecule has 0 fully saturated rings. The average molecular weight is 330 g/mol. The van der Waals surface area contributed by atoms with Crippen LogP contribution in [0.5, 0.6) is 0 Å². The Balaban J connectivity index is 2.16. The van der Waals surface area contributed by atoms with Crippen LogP contribution in [0.3, 0.4) is 0 Å². The Morgan fingerprint density at radius 3 is 2.52 bits per heavy atom. The summed E-state index contributed by atoms with van der Waals surface area (Å²) in [7, 11) is -2.46. The minimum Gasteiger partial charge on any atom is -0.361 e. The summed E-state index contributed by atoms with van der Waals surface area (Å²) in [5, 5.41) is 0. The first kappa shape index (κ1) is 15.1. The third-order valence-corrected chi connectivity index (χ3v) is 4.73. The third-order valence-electron chi connectivity index (χ3n) is 3.45. The fraction of sp³-hybridized carbons (Fsp3) is 0.0667. The topological polar surface area (TPSA) is 86.1 Å². The molecule has 3 rings (SSSR count). The van der Waals surface area contributed by atoms with Crippen molar-refractivity contribution in [2.45, 2.75) is 4.90 Å². The van der Waals surface area contributed by atoms with Crippen LogP contribution in [0, 0.1) is 5.82 Å². The number of fused-ring (bicyclic) bond motifs is 1. The summed E-state index contributed by atoms with van der Waals surface area (Å²) >= 11 is 0. The van der Waals surface area contributed by atoms with Crippen molar-refractivity contribution in [3.05, 3.63) is 65.4 Å². The predicted molar refractivity (Wildman–Crippen MR) is 83.6 cm³/mol. The maximum Gasteiger partial charge on any atom is 0.367 e. The molecule has 0 saturated carbocycles. The summed E-state index contributed by atoms with van der Waals surface area (Å²) in [5.74, 6) is -0.558. The van der Waals surface area contributed by atoms with Gasteiger partial charge < -0.3 is 10.4 Å². The molecule has 1 heterocycles. The van der Waals surface area contributed by atoms with Gasteiger partial charge in [-0.15, -0.1) is 4.40 Å². The van der Waals surface area contributed by atoms with Crippen LogP contribution in [0.15, 0.2) is 57.8 Å². The Kier molecular flexibility index (Phi) is 3.55. The molecule has 116 valence electrons. The van der Waals surface area contributed by atoms with E-state index in [0.717, 1.165) is 0 Å². The van der Waals surface area contributed by atoms with Gasteiger partial charge >= 0.3 is 5.71 Å². The van der Waals surface area contributed by atoms with Crippen LogP contribution >= 0.6 is 0 Å². The van der Waals surface area contributed by atoms with E-state index in [9.17, 15) is 18.3 Å². The fourth-order valence-electron chi connectivity index (χ4n) is 2.34. The zero-order valence-electron chi connectivity index (χ0n) is 12.0. The quantitative estimate of drug-likeness (QED) is 0.624. The van der Waals surface area contributed by atoms with E-state index in [1.165, 1.54) is 42.3 Å². The van der Waals surface area contributed by atoms with E-state index in [1.54, 1.807) is 18.2 Å². The molecule has 0 unspecified atom stereocenters. The molecule has 0 amide bonds. The van der Waals surface area contributed by atoms with Crippen LogP contribution in [-0.2, 0) is 10.0 Å². The zero-order valence-corrected chi connectivity index (χ0v) is 12.8. The summed E-state index contributed by atoms with van der Waals surface area (Å²) in [4.78, 5) is 4.51. The monoisotopic (exact) mass is 330 g/mol. The first-order valence-electron chi connectivity index (χ1n) is 6.60. The van der Waals surface area contributed by atoms with Crippen molar-refractivity contribution in [1.29, 1.82) is 0 Å². The number of benzene rings is 2. The molecule has 0 aliphatic carbocycles. The molecule has 23 heavy (non-hydrogen) atoms. The highest BCUT2D eigenvalue weighted by Crippen LogP contribution is 2.29. The molecule has 1 aliphatic heterocycles. The minimum absolute atomic E-state index is 0.0142. The van der Waals surface area contributed by atoms with Gasteiger partial charge in [0.25, 0.3) is 10.0 Å². The number of hydrogen-bond donors (Lipinski definition) is 0. The highest BCUT2D eigenvalue weighted by Gasteiger charge is 2.38. The molecule has 0 radical (unpaired) electrons. The molecular formula is C15H11FN4O2S. The van der Waals surface area contributed by atoms with Gasteiger partial charge in [-0.2, -0.15) is 13.2 Å². The maximum absolute atomic E-state index is 13.4. The van der Waals surface area contributed by atoms with Crippen LogP contribution in [-0.4, -0.2) is 31.8 Å². The Morgan fingerprint density at radius 2 is 1.87 bits per heavy atom. The van der Waals surface area contributed by atoms with Gasteiger partial charge in [-0.3, -0.25) is 0 Å². The Labute approximate surface area is 132 Å². The van der Waals surface area contributed by atoms with E-state index in [2.05, 4.69) is 9.19 Å². The van der Waals surface area contributed by atoms with Crippen LogP contribution in [0.1, 0.15) is 5.56 Å². The van der Waals surface area contributed by atoms with Gasteiger partial charge in [-0.25, -0.2) is 4.39 Å². The molecule has 0 N–H and O–H groups in total. The number of amidine groups is 1. The number of halogens is 1. The van der Waals surface area contributed by atoms with Crippen molar-refractivity contribution in [3.63, 3.8) is 0 Å². The molecule has 2 aromatic carbocycles. The van der Waals surface area contributed by atoms with Gasteiger partial charge in [0.1, 0.15) is 5.82 Å². The van der Waals surface area contributed by atoms with Crippen molar-refractivity contribution in [3.8, 4) is 0 Å². The van der Waals surface area contributed by atoms with Crippen molar-refractivity contribution >= 4 is 27.3 Å². The third kappa shape index (κ3) is 2.54. The highest BCUT2D eigenvalue weighted by atomic mass is 32.2. The maximum atomic E-state index is 13.4.